The summed E-state index contributed by atoms with van der Waals surface area (Å²) in [4.78, 5) is 37.4. The van der Waals surface area contributed by atoms with Crippen molar-refractivity contribution < 1.29 is 29.3 Å². The van der Waals surface area contributed by atoms with Gasteiger partial charge in [0.1, 0.15) is 6.61 Å². The first kappa shape index (κ1) is 24.7. The molecule has 2 aliphatic rings. The zero-order chi connectivity index (χ0) is 25.1. The number of carboxylic acids is 1. The van der Waals surface area contributed by atoms with Gasteiger partial charge in [-0.25, -0.2) is 9.59 Å². The molecular formula is C27H32N2O6. The predicted octanol–water partition coefficient (Wildman–Crippen LogP) is 3.43. The second-order valence-electron chi connectivity index (χ2n) is 9.77. The molecule has 0 spiro atoms. The van der Waals surface area contributed by atoms with Crippen LogP contribution >= 0.6 is 0 Å². The summed E-state index contributed by atoms with van der Waals surface area (Å²) in [7, 11) is 0. The fourth-order valence-corrected chi connectivity index (χ4v) is 5.15. The van der Waals surface area contributed by atoms with E-state index in [0.717, 1.165) is 41.5 Å². The van der Waals surface area contributed by atoms with E-state index < -0.39 is 35.5 Å². The van der Waals surface area contributed by atoms with Gasteiger partial charge in [0, 0.05) is 12.5 Å². The number of carbonyl (C=O) groups is 3. The molecule has 0 aliphatic heterocycles. The summed E-state index contributed by atoms with van der Waals surface area (Å²) in [6, 6.07) is 16.2. The lowest BCUT2D eigenvalue weighted by Crippen LogP contribution is -2.60. The largest absolute Gasteiger partial charge is 0.479 e. The highest BCUT2D eigenvalue weighted by Crippen LogP contribution is 2.44. The fraction of sp³-hybridized carbons (Fsp3) is 0.444. The predicted molar refractivity (Wildman–Crippen MR) is 130 cm³/mol. The second kappa shape index (κ2) is 10.1. The minimum atomic E-state index is -1.79. The monoisotopic (exact) mass is 480 g/mol. The van der Waals surface area contributed by atoms with Gasteiger partial charge in [0.05, 0.1) is 12.0 Å². The quantitative estimate of drug-likeness (QED) is 0.459. The van der Waals surface area contributed by atoms with Gasteiger partial charge in [0.25, 0.3) is 0 Å². The van der Waals surface area contributed by atoms with Gasteiger partial charge < -0.3 is 25.6 Å². The standard InChI is InChI=1S/C27H32N2O6/c1-26(17-30,24(32)33)29-23(31)27(13-7-2-8-14-27)16-28-25(34)35-15-22-20-11-5-3-9-18(20)19-10-4-6-12-21(19)22/h3-6,9-12,22,30H,2,7-8,13-17H2,1H3,(H,28,34)(H,29,31)(H,32,33). The smallest absolute Gasteiger partial charge is 0.407 e. The third-order valence-corrected chi connectivity index (χ3v) is 7.38. The van der Waals surface area contributed by atoms with E-state index in [1.807, 2.05) is 36.4 Å². The number of amides is 2. The van der Waals surface area contributed by atoms with Gasteiger partial charge in [0.15, 0.2) is 5.54 Å². The lowest BCUT2D eigenvalue weighted by molar-refractivity contribution is -0.151. The molecule has 0 bridgehead atoms. The van der Waals surface area contributed by atoms with Crippen molar-refractivity contribution in [2.24, 2.45) is 5.41 Å². The van der Waals surface area contributed by atoms with E-state index in [1.165, 1.54) is 6.92 Å². The molecular weight excluding hydrogens is 448 g/mol. The number of aliphatic hydroxyl groups excluding tert-OH is 1. The molecule has 0 saturated heterocycles. The Morgan fingerprint density at radius 1 is 1.00 bits per heavy atom. The molecule has 1 saturated carbocycles. The zero-order valence-corrected chi connectivity index (χ0v) is 19.9. The van der Waals surface area contributed by atoms with Crippen molar-refractivity contribution in [1.29, 1.82) is 0 Å². The maximum Gasteiger partial charge on any atom is 0.407 e. The number of hydrogen-bond donors (Lipinski definition) is 4. The molecule has 2 aromatic carbocycles. The Morgan fingerprint density at radius 2 is 1.57 bits per heavy atom. The van der Waals surface area contributed by atoms with Crippen LogP contribution in [0.1, 0.15) is 56.1 Å². The van der Waals surface area contributed by atoms with Crippen LogP contribution in [0.2, 0.25) is 0 Å². The minimum Gasteiger partial charge on any atom is -0.479 e. The Morgan fingerprint density at radius 3 is 2.11 bits per heavy atom. The molecule has 8 heteroatoms. The molecule has 1 unspecified atom stereocenters. The average molecular weight is 481 g/mol. The van der Waals surface area contributed by atoms with Crippen LogP contribution in [-0.4, -0.2) is 53.5 Å². The van der Waals surface area contributed by atoms with E-state index >= 15 is 0 Å². The van der Waals surface area contributed by atoms with Crippen LogP contribution in [0.3, 0.4) is 0 Å². The van der Waals surface area contributed by atoms with E-state index in [1.54, 1.807) is 0 Å². The highest BCUT2D eigenvalue weighted by atomic mass is 16.5. The van der Waals surface area contributed by atoms with Crippen LogP contribution in [0.5, 0.6) is 0 Å². The molecule has 35 heavy (non-hydrogen) atoms. The number of carbonyl (C=O) groups excluding carboxylic acids is 2. The fourth-order valence-electron chi connectivity index (χ4n) is 5.15. The van der Waals surface area contributed by atoms with Gasteiger partial charge in [-0.2, -0.15) is 0 Å². The molecule has 1 atom stereocenters. The third kappa shape index (κ3) is 4.89. The van der Waals surface area contributed by atoms with Crippen molar-refractivity contribution in [3.63, 3.8) is 0 Å². The molecule has 2 aromatic rings. The van der Waals surface area contributed by atoms with Crippen molar-refractivity contribution in [2.45, 2.75) is 50.5 Å². The number of aliphatic hydroxyl groups is 1. The molecule has 2 aliphatic carbocycles. The van der Waals surface area contributed by atoms with Crippen molar-refractivity contribution in [3.8, 4) is 11.1 Å². The molecule has 0 radical (unpaired) electrons. The number of benzene rings is 2. The van der Waals surface area contributed by atoms with Crippen molar-refractivity contribution >= 4 is 18.0 Å². The molecule has 4 N–H and O–H groups in total. The number of alkyl carbamates (subject to hydrolysis) is 1. The van der Waals surface area contributed by atoms with Crippen molar-refractivity contribution in [3.05, 3.63) is 59.7 Å². The molecule has 8 nitrogen and oxygen atoms in total. The molecule has 1 fully saturated rings. The number of rotatable bonds is 8. The SMILES string of the molecule is CC(CO)(NC(=O)C1(CNC(=O)OCC2c3ccccc3-c3ccccc32)CCCCC1)C(=O)O. The Hall–Kier alpha value is -3.39. The van der Waals surface area contributed by atoms with Gasteiger partial charge in [-0.05, 0) is 42.0 Å². The first-order valence-corrected chi connectivity index (χ1v) is 12.1. The molecule has 0 heterocycles. The maximum absolute atomic E-state index is 13.2. The average Bonchev–Trinajstić information content (AvgIpc) is 3.20. The van der Waals surface area contributed by atoms with E-state index in [-0.39, 0.29) is 19.1 Å². The molecule has 186 valence electrons. The first-order valence-electron chi connectivity index (χ1n) is 12.1. The number of aliphatic carboxylic acids is 1. The van der Waals surface area contributed by atoms with E-state index in [0.29, 0.717) is 12.8 Å². The normalized spacial score (nSPS) is 18.0. The highest BCUT2D eigenvalue weighted by molar-refractivity contribution is 5.90. The Bertz CT molecular complexity index is 1060. The summed E-state index contributed by atoms with van der Waals surface area (Å²) in [5, 5.41) is 24.2. The van der Waals surface area contributed by atoms with Crippen LogP contribution in [0.15, 0.2) is 48.5 Å². The van der Waals surface area contributed by atoms with Gasteiger partial charge in [0.2, 0.25) is 5.91 Å². The summed E-state index contributed by atoms with van der Waals surface area (Å²) in [6.07, 6.45) is 2.97. The van der Waals surface area contributed by atoms with Crippen LogP contribution in [0.25, 0.3) is 11.1 Å². The topological polar surface area (TPSA) is 125 Å². The molecule has 0 aromatic heterocycles. The Balaban J connectivity index is 1.41. The van der Waals surface area contributed by atoms with Gasteiger partial charge in [-0.3, -0.25) is 4.79 Å². The first-order chi connectivity index (χ1) is 16.8. The summed E-state index contributed by atoms with van der Waals surface area (Å²) < 4.78 is 5.60. The van der Waals surface area contributed by atoms with E-state index in [2.05, 4.69) is 22.8 Å². The summed E-state index contributed by atoms with van der Waals surface area (Å²) in [5.41, 5.74) is 1.77. The third-order valence-electron chi connectivity index (χ3n) is 7.38. The second-order valence-corrected chi connectivity index (χ2v) is 9.77. The highest BCUT2D eigenvalue weighted by Gasteiger charge is 2.44. The molecule has 2 amide bonds. The number of carboxylic acid groups (broad SMARTS) is 1. The van der Waals surface area contributed by atoms with Gasteiger partial charge in [-0.15, -0.1) is 0 Å². The van der Waals surface area contributed by atoms with E-state index in [9.17, 15) is 24.6 Å². The van der Waals surface area contributed by atoms with E-state index in [4.69, 9.17) is 4.74 Å². The lowest BCUT2D eigenvalue weighted by Gasteiger charge is -2.38. The molecule has 4 rings (SSSR count). The number of hydrogen-bond acceptors (Lipinski definition) is 5. The Labute approximate surface area is 204 Å². The van der Waals surface area contributed by atoms with Crippen LogP contribution < -0.4 is 10.6 Å². The van der Waals surface area contributed by atoms with Crippen LogP contribution in [-0.2, 0) is 14.3 Å². The van der Waals surface area contributed by atoms with Crippen LogP contribution in [0, 0.1) is 5.41 Å². The number of nitrogens with one attached hydrogen (secondary N) is 2. The van der Waals surface area contributed by atoms with Crippen molar-refractivity contribution in [2.75, 3.05) is 19.8 Å². The summed E-state index contributed by atoms with van der Waals surface area (Å²) in [6.45, 7) is 0.740. The summed E-state index contributed by atoms with van der Waals surface area (Å²) in [5.74, 6) is -1.86. The number of ether oxygens (including phenoxy) is 1. The zero-order valence-electron chi connectivity index (χ0n) is 19.9. The summed E-state index contributed by atoms with van der Waals surface area (Å²) >= 11 is 0. The van der Waals surface area contributed by atoms with Crippen LogP contribution in [0.4, 0.5) is 4.79 Å². The lowest BCUT2D eigenvalue weighted by atomic mass is 9.72. The van der Waals surface area contributed by atoms with Gasteiger partial charge in [-0.1, -0.05) is 67.8 Å². The maximum atomic E-state index is 13.2. The Kier molecular flexibility index (Phi) is 7.12. The van der Waals surface area contributed by atoms with Gasteiger partial charge >= 0.3 is 12.1 Å². The number of fused-ring (bicyclic) bond motifs is 3. The minimum absolute atomic E-state index is 0.0383. The van der Waals surface area contributed by atoms with Crippen molar-refractivity contribution in [1.82, 2.24) is 10.6 Å².